The molecule has 0 unspecified atom stereocenters. The number of anilines is 2. The van der Waals surface area contributed by atoms with E-state index < -0.39 is 5.91 Å². The van der Waals surface area contributed by atoms with Gasteiger partial charge in [0.05, 0.1) is 24.2 Å². The van der Waals surface area contributed by atoms with Crippen LogP contribution in [-0.2, 0) is 4.74 Å². The van der Waals surface area contributed by atoms with E-state index in [4.69, 9.17) is 10.8 Å². The van der Waals surface area contributed by atoms with Crippen LogP contribution in [0.1, 0.15) is 29.1 Å². The molecule has 0 aliphatic rings. The smallest absolute Gasteiger partial charge is 0.260 e. The summed E-state index contributed by atoms with van der Waals surface area (Å²) in [5, 5.41) is 11.7. The molecule has 0 atom stereocenters. The molecule has 0 fully saturated rings. The predicted molar refractivity (Wildman–Crippen MR) is 117 cm³/mol. The minimum atomic E-state index is -0.550. The molecule has 1 amide bonds. The largest absolute Gasteiger partial charge is 0.499 e. The summed E-state index contributed by atoms with van der Waals surface area (Å²) in [6, 6.07) is 6.65. The van der Waals surface area contributed by atoms with Crippen molar-refractivity contribution < 1.29 is 19.0 Å². The molecule has 0 spiro atoms. The molecular weight excluding hydrogens is 393 g/mol. The second kappa shape index (κ2) is 12.5. The third kappa shape index (κ3) is 6.85. The Morgan fingerprint density at radius 1 is 1.41 bits per heavy atom. The lowest BCUT2D eigenvalue weighted by Gasteiger charge is -2.08. The highest BCUT2D eigenvalue weighted by atomic mass is 32.1. The van der Waals surface area contributed by atoms with E-state index in [0.717, 1.165) is 15.6 Å². The number of nitrogens with zero attached hydrogens (tertiary/aromatic N) is 1. The maximum absolute atomic E-state index is 14.0. The average Bonchev–Trinajstić information content (AvgIpc) is 3.09. The Morgan fingerprint density at radius 2 is 2.14 bits per heavy atom. The summed E-state index contributed by atoms with van der Waals surface area (Å²) in [6.07, 6.45) is 4.57. The van der Waals surface area contributed by atoms with E-state index in [1.807, 2.05) is 20.8 Å². The SMILES string of the molecule is C=COCCO.CC.Cc1ccc(Nc2c(C(N)=O)sc3ccncc23)c(F)c1. The summed E-state index contributed by atoms with van der Waals surface area (Å²) in [7, 11) is 0. The number of halogens is 1. The Hall–Kier alpha value is -2.97. The zero-order valence-electron chi connectivity index (χ0n) is 16.7. The van der Waals surface area contributed by atoms with Crippen LogP contribution in [0.15, 0.2) is 49.5 Å². The fourth-order valence-electron chi connectivity index (χ4n) is 2.23. The number of hydrogen-bond donors (Lipinski definition) is 3. The normalized spacial score (nSPS) is 9.55. The predicted octanol–water partition coefficient (Wildman–Crippen LogP) is 4.75. The number of carbonyl (C=O) groups is 1. The van der Waals surface area contributed by atoms with Crippen molar-refractivity contribution in [1.82, 2.24) is 4.98 Å². The van der Waals surface area contributed by atoms with Crippen LogP contribution in [0.25, 0.3) is 10.1 Å². The van der Waals surface area contributed by atoms with Crippen molar-refractivity contribution in [1.29, 1.82) is 0 Å². The number of amides is 1. The standard InChI is InChI=1S/C15H12FN3OS.C4H8O2.C2H6/c1-8-2-3-11(10(16)6-8)19-13-9-7-18-5-4-12(9)21-14(13)15(17)20;1-2-6-4-3-5;1-2/h2-7,19H,1H3,(H2,17,20);2,5H,1,3-4H2;1-2H3. The summed E-state index contributed by atoms with van der Waals surface area (Å²) < 4.78 is 19.4. The third-order valence-corrected chi connectivity index (χ3v) is 4.61. The van der Waals surface area contributed by atoms with Crippen LogP contribution in [0.4, 0.5) is 15.8 Å². The van der Waals surface area contributed by atoms with Gasteiger partial charge in [0.1, 0.15) is 17.3 Å². The molecule has 4 N–H and O–H groups in total. The first kappa shape index (κ1) is 24.1. The molecule has 0 radical (unpaired) electrons. The van der Waals surface area contributed by atoms with E-state index in [-0.39, 0.29) is 12.4 Å². The van der Waals surface area contributed by atoms with Crippen molar-refractivity contribution in [3.8, 4) is 0 Å². The molecule has 8 heteroatoms. The molecule has 2 heterocycles. The van der Waals surface area contributed by atoms with E-state index >= 15 is 0 Å². The van der Waals surface area contributed by atoms with E-state index in [9.17, 15) is 9.18 Å². The first-order chi connectivity index (χ1) is 14.0. The molecule has 1 aromatic carbocycles. The lowest BCUT2D eigenvalue weighted by Crippen LogP contribution is -2.11. The molecule has 29 heavy (non-hydrogen) atoms. The lowest BCUT2D eigenvalue weighted by atomic mass is 10.2. The van der Waals surface area contributed by atoms with Crippen molar-refractivity contribution in [3.05, 3.63) is 65.8 Å². The molecule has 3 rings (SSSR count). The van der Waals surface area contributed by atoms with Gasteiger partial charge in [0.2, 0.25) is 0 Å². The minimum Gasteiger partial charge on any atom is -0.499 e. The van der Waals surface area contributed by atoms with E-state index in [1.165, 1.54) is 23.7 Å². The number of ether oxygens (including phenoxy) is 1. The number of rotatable bonds is 6. The number of hydrogen-bond acceptors (Lipinski definition) is 6. The second-order valence-corrected chi connectivity index (χ2v) is 6.46. The summed E-state index contributed by atoms with van der Waals surface area (Å²) >= 11 is 1.26. The highest BCUT2D eigenvalue weighted by molar-refractivity contribution is 7.21. The van der Waals surface area contributed by atoms with Crippen LogP contribution in [0.2, 0.25) is 0 Å². The minimum absolute atomic E-state index is 0.0615. The van der Waals surface area contributed by atoms with Crippen molar-refractivity contribution >= 4 is 38.7 Å². The monoisotopic (exact) mass is 419 g/mol. The number of benzene rings is 1. The van der Waals surface area contributed by atoms with Gasteiger partial charge in [-0.25, -0.2) is 4.39 Å². The molecule has 0 saturated heterocycles. The maximum atomic E-state index is 14.0. The lowest BCUT2D eigenvalue weighted by molar-refractivity contribution is 0.100. The van der Waals surface area contributed by atoms with E-state index in [0.29, 0.717) is 22.9 Å². The van der Waals surface area contributed by atoms with Crippen molar-refractivity contribution in [3.63, 3.8) is 0 Å². The molecule has 0 saturated carbocycles. The van der Waals surface area contributed by atoms with Gasteiger partial charge in [-0.15, -0.1) is 11.3 Å². The number of aromatic nitrogens is 1. The van der Waals surface area contributed by atoms with E-state index in [2.05, 4.69) is 21.6 Å². The number of fused-ring (bicyclic) bond motifs is 1. The number of aliphatic hydroxyl groups is 1. The maximum Gasteiger partial charge on any atom is 0.260 e. The van der Waals surface area contributed by atoms with Crippen LogP contribution < -0.4 is 11.1 Å². The Morgan fingerprint density at radius 3 is 2.69 bits per heavy atom. The summed E-state index contributed by atoms with van der Waals surface area (Å²) in [4.78, 5) is 16.0. The molecule has 0 aliphatic heterocycles. The number of primary amides is 1. The number of carbonyl (C=O) groups excluding carboxylic acids is 1. The zero-order valence-corrected chi connectivity index (χ0v) is 17.6. The first-order valence-electron chi connectivity index (χ1n) is 9.00. The Labute approximate surface area is 173 Å². The first-order valence-corrected chi connectivity index (χ1v) is 9.82. The Balaban J connectivity index is 0.000000454. The van der Waals surface area contributed by atoms with Crippen molar-refractivity contribution in [2.75, 3.05) is 18.5 Å². The summed E-state index contributed by atoms with van der Waals surface area (Å²) in [6.45, 7) is 9.49. The van der Waals surface area contributed by atoms with Crippen LogP contribution in [0.5, 0.6) is 0 Å². The van der Waals surface area contributed by atoms with Gasteiger partial charge in [-0.3, -0.25) is 9.78 Å². The number of nitrogens with one attached hydrogen (secondary N) is 1. The molecule has 6 nitrogen and oxygen atoms in total. The summed E-state index contributed by atoms with van der Waals surface area (Å²) in [5.41, 5.74) is 7.03. The topological polar surface area (TPSA) is 97.5 Å². The molecule has 3 aromatic rings. The Kier molecular flexibility index (Phi) is 10.4. The van der Waals surface area contributed by atoms with Gasteiger partial charge in [-0.1, -0.05) is 26.5 Å². The third-order valence-electron chi connectivity index (χ3n) is 3.42. The molecular formula is C21H26FN3O3S. The van der Waals surface area contributed by atoms with Crippen LogP contribution in [0, 0.1) is 12.7 Å². The van der Waals surface area contributed by atoms with Gasteiger partial charge in [0.25, 0.3) is 5.91 Å². The number of nitrogens with two attached hydrogens (primary N) is 1. The van der Waals surface area contributed by atoms with E-state index in [1.54, 1.807) is 30.6 Å². The fraction of sp³-hybridized carbons (Fsp3) is 0.238. The quantitative estimate of drug-likeness (QED) is 0.396. The van der Waals surface area contributed by atoms with Gasteiger partial charge in [-0.05, 0) is 30.7 Å². The highest BCUT2D eigenvalue weighted by Crippen LogP contribution is 2.37. The molecule has 156 valence electrons. The number of aryl methyl sites for hydroxylation is 1. The fourth-order valence-corrected chi connectivity index (χ4v) is 3.21. The van der Waals surface area contributed by atoms with Gasteiger partial charge >= 0.3 is 0 Å². The van der Waals surface area contributed by atoms with Crippen molar-refractivity contribution in [2.24, 2.45) is 5.73 Å². The molecule has 0 bridgehead atoms. The Bertz CT molecular complexity index is 944. The zero-order chi connectivity index (χ0) is 21.8. The average molecular weight is 420 g/mol. The van der Waals surface area contributed by atoms with Gasteiger partial charge in [0.15, 0.2) is 0 Å². The number of pyridine rings is 1. The van der Waals surface area contributed by atoms with Crippen LogP contribution in [0.3, 0.4) is 0 Å². The summed E-state index contributed by atoms with van der Waals surface area (Å²) in [5.74, 6) is -0.931. The number of thiophene rings is 1. The van der Waals surface area contributed by atoms with Crippen LogP contribution in [-0.4, -0.2) is 29.2 Å². The number of aliphatic hydroxyl groups excluding tert-OH is 1. The van der Waals surface area contributed by atoms with Crippen molar-refractivity contribution in [2.45, 2.75) is 20.8 Å². The van der Waals surface area contributed by atoms with Gasteiger partial charge < -0.3 is 20.9 Å². The second-order valence-electron chi connectivity index (χ2n) is 5.41. The van der Waals surface area contributed by atoms with Gasteiger partial charge in [0, 0.05) is 22.5 Å². The van der Waals surface area contributed by atoms with Crippen LogP contribution >= 0.6 is 11.3 Å². The highest BCUT2D eigenvalue weighted by Gasteiger charge is 2.17. The van der Waals surface area contributed by atoms with Gasteiger partial charge in [-0.2, -0.15) is 0 Å². The molecule has 0 aliphatic carbocycles. The molecule has 2 aromatic heterocycles.